The zero-order chi connectivity index (χ0) is 23.9. The predicted octanol–water partition coefficient (Wildman–Crippen LogP) is 3.22. The number of fused-ring (bicyclic) bond motifs is 1. The average Bonchev–Trinajstić information content (AvgIpc) is 3.19. The highest BCUT2D eigenvalue weighted by molar-refractivity contribution is 7.90. The fourth-order valence-corrected chi connectivity index (χ4v) is 5.17. The maximum atomic E-state index is 11.8. The third-order valence-corrected chi connectivity index (χ3v) is 8.17. The van der Waals surface area contributed by atoms with E-state index in [1.165, 1.54) is 19.4 Å². The average molecular weight is 472 g/mol. The molecule has 1 amide bonds. The lowest BCUT2D eigenvalue weighted by Crippen LogP contribution is -2.35. The Labute approximate surface area is 193 Å². The van der Waals surface area contributed by atoms with Crippen LogP contribution in [0.25, 0.3) is 0 Å². The van der Waals surface area contributed by atoms with Gasteiger partial charge >= 0.3 is 0 Å². The second-order valence-corrected chi connectivity index (χ2v) is 12.0. The van der Waals surface area contributed by atoms with Gasteiger partial charge < -0.3 is 14.9 Å². The molecule has 0 aromatic heterocycles. The fraction of sp³-hybridized carbons (Fsp3) is 0.792. The SMILES string of the molecule is CC(C)=CCC[C@H](O)/C=C/[C@@H]1[C@H]2C[C@@H](CCCCC(=O)NS(=O)(=O)C(C)C)O[C@H]2C[C@H]1O. The van der Waals surface area contributed by atoms with Crippen molar-refractivity contribution in [1.82, 2.24) is 4.72 Å². The van der Waals surface area contributed by atoms with E-state index in [1.54, 1.807) is 0 Å². The van der Waals surface area contributed by atoms with Crippen molar-refractivity contribution < 1.29 is 28.2 Å². The molecule has 1 heterocycles. The Morgan fingerprint density at radius 1 is 1.22 bits per heavy atom. The number of aliphatic hydroxyl groups is 2. The summed E-state index contributed by atoms with van der Waals surface area (Å²) in [6.45, 7) is 7.16. The molecule has 2 rings (SSSR count). The molecule has 2 aliphatic rings. The van der Waals surface area contributed by atoms with E-state index in [-0.39, 0.29) is 30.5 Å². The molecule has 184 valence electrons. The van der Waals surface area contributed by atoms with Gasteiger partial charge in [-0.1, -0.05) is 30.2 Å². The van der Waals surface area contributed by atoms with Crippen LogP contribution in [-0.2, 0) is 19.6 Å². The summed E-state index contributed by atoms with van der Waals surface area (Å²) in [5.41, 5.74) is 1.24. The summed E-state index contributed by atoms with van der Waals surface area (Å²) < 4.78 is 31.7. The summed E-state index contributed by atoms with van der Waals surface area (Å²) in [5, 5.41) is 20.0. The van der Waals surface area contributed by atoms with E-state index < -0.39 is 33.4 Å². The van der Waals surface area contributed by atoms with Crippen molar-refractivity contribution in [2.45, 2.75) is 109 Å². The van der Waals surface area contributed by atoms with E-state index in [0.29, 0.717) is 19.3 Å². The first-order chi connectivity index (χ1) is 15.0. The maximum absolute atomic E-state index is 11.8. The van der Waals surface area contributed by atoms with Gasteiger partial charge in [0.15, 0.2) is 0 Å². The molecule has 7 nitrogen and oxygen atoms in total. The van der Waals surface area contributed by atoms with Crippen LogP contribution in [0.5, 0.6) is 0 Å². The smallest absolute Gasteiger partial charge is 0.237 e. The van der Waals surface area contributed by atoms with Gasteiger partial charge in [0.05, 0.1) is 29.7 Å². The normalized spacial score (nSPS) is 28.8. The van der Waals surface area contributed by atoms with Crippen molar-refractivity contribution in [3.8, 4) is 0 Å². The summed E-state index contributed by atoms with van der Waals surface area (Å²) in [4.78, 5) is 11.8. The van der Waals surface area contributed by atoms with Crippen LogP contribution in [0.4, 0.5) is 0 Å². The monoisotopic (exact) mass is 471 g/mol. The van der Waals surface area contributed by atoms with Gasteiger partial charge in [0, 0.05) is 18.8 Å². The number of sulfonamides is 1. The fourth-order valence-electron chi connectivity index (χ4n) is 4.51. The summed E-state index contributed by atoms with van der Waals surface area (Å²) in [6, 6.07) is 0. The van der Waals surface area contributed by atoms with E-state index in [0.717, 1.165) is 25.7 Å². The van der Waals surface area contributed by atoms with Gasteiger partial charge in [0.25, 0.3) is 0 Å². The topological polar surface area (TPSA) is 113 Å². The Morgan fingerprint density at radius 3 is 2.59 bits per heavy atom. The molecule has 1 saturated heterocycles. The Morgan fingerprint density at radius 2 is 1.94 bits per heavy atom. The van der Waals surface area contributed by atoms with E-state index in [9.17, 15) is 23.4 Å². The number of carbonyl (C=O) groups excluding carboxylic acids is 1. The Hall–Kier alpha value is -1.22. The minimum Gasteiger partial charge on any atom is -0.392 e. The first-order valence-corrected chi connectivity index (χ1v) is 13.4. The van der Waals surface area contributed by atoms with E-state index in [4.69, 9.17) is 4.74 Å². The quantitative estimate of drug-likeness (QED) is 0.298. The molecule has 32 heavy (non-hydrogen) atoms. The molecule has 8 heteroatoms. The second kappa shape index (κ2) is 12.3. The second-order valence-electron chi connectivity index (χ2n) is 9.75. The summed E-state index contributed by atoms with van der Waals surface area (Å²) in [7, 11) is -3.57. The molecule has 1 aliphatic heterocycles. The van der Waals surface area contributed by atoms with E-state index in [2.05, 4.69) is 10.8 Å². The molecule has 1 saturated carbocycles. The van der Waals surface area contributed by atoms with Crippen LogP contribution < -0.4 is 4.72 Å². The van der Waals surface area contributed by atoms with Crippen LogP contribution in [0.3, 0.4) is 0 Å². The number of carbonyl (C=O) groups is 1. The number of unbranched alkanes of at least 4 members (excludes halogenated alkanes) is 1. The molecule has 0 bridgehead atoms. The first-order valence-electron chi connectivity index (χ1n) is 11.9. The van der Waals surface area contributed by atoms with Gasteiger partial charge in [-0.25, -0.2) is 8.42 Å². The van der Waals surface area contributed by atoms with Crippen molar-refractivity contribution in [1.29, 1.82) is 0 Å². The van der Waals surface area contributed by atoms with Crippen molar-refractivity contribution in [2.75, 3.05) is 0 Å². The zero-order valence-corrected chi connectivity index (χ0v) is 20.7. The number of rotatable bonds is 12. The van der Waals surface area contributed by atoms with Crippen LogP contribution in [0, 0.1) is 11.8 Å². The number of allylic oxidation sites excluding steroid dienone is 2. The molecular formula is C24H41NO6S. The number of amides is 1. The van der Waals surface area contributed by atoms with Gasteiger partial charge in [-0.3, -0.25) is 9.52 Å². The van der Waals surface area contributed by atoms with Crippen LogP contribution in [0.2, 0.25) is 0 Å². The zero-order valence-electron chi connectivity index (χ0n) is 19.9. The molecule has 0 spiro atoms. The third-order valence-electron chi connectivity index (χ3n) is 6.42. The molecule has 1 aliphatic carbocycles. The van der Waals surface area contributed by atoms with Crippen LogP contribution in [0.15, 0.2) is 23.8 Å². The highest BCUT2D eigenvalue weighted by Gasteiger charge is 2.47. The number of hydrogen-bond acceptors (Lipinski definition) is 6. The molecule has 0 radical (unpaired) electrons. The Balaban J connectivity index is 1.73. The molecule has 3 N–H and O–H groups in total. The van der Waals surface area contributed by atoms with Gasteiger partial charge in [-0.15, -0.1) is 0 Å². The number of aliphatic hydroxyl groups excluding tert-OH is 2. The number of hydrogen-bond donors (Lipinski definition) is 3. The highest BCUT2D eigenvalue weighted by Crippen LogP contribution is 2.45. The first kappa shape index (κ1) is 27.0. The van der Waals surface area contributed by atoms with Gasteiger partial charge in [-0.2, -0.15) is 0 Å². The standard InChI is InChI=1S/C24H41NO6S/c1-16(2)8-7-9-18(26)12-13-20-21-14-19(31-23(21)15-22(20)27)10-5-6-11-24(28)25-32(29,30)17(3)4/h8,12-13,17-23,26-27H,5-7,9-11,14-15H2,1-4H3,(H,25,28)/b13-12+/t18-,19+,20+,21+,22+,23-/m0/s1. The minimum atomic E-state index is -3.57. The lowest BCUT2D eigenvalue weighted by molar-refractivity contribution is -0.119. The molecule has 2 fully saturated rings. The van der Waals surface area contributed by atoms with Gasteiger partial charge in [0.1, 0.15) is 0 Å². The summed E-state index contributed by atoms with van der Waals surface area (Å²) >= 11 is 0. The van der Waals surface area contributed by atoms with E-state index in [1.807, 2.05) is 26.0 Å². The van der Waals surface area contributed by atoms with Crippen LogP contribution >= 0.6 is 0 Å². The minimum absolute atomic E-state index is 0.00452. The predicted molar refractivity (Wildman–Crippen MR) is 125 cm³/mol. The molecule has 0 unspecified atom stereocenters. The lowest BCUT2D eigenvalue weighted by atomic mass is 9.89. The lowest BCUT2D eigenvalue weighted by Gasteiger charge is -2.18. The third kappa shape index (κ3) is 8.28. The Kier molecular flexibility index (Phi) is 10.4. The Bertz CT molecular complexity index is 771. The van der Waals surface area contributed by atoms with Gasteiger partial charge in [0.2, 0.25) is 15.9 Å². The maximum Gasteiger partial charge on any atom is 0.237 e. The van der Waals surface area contributed by atoms with E-state index >= 15 is 0 Å². The van der Waals surface area contributed by atoms with Crippen LogP contribution in [-0.4, -0.2) is 54.2 Å². The molecule has 0 aromatic carbocycles. The van der Waals surface area contributed by atoms with Crippen molar-refractivity contribution >= 4 is 15.9 Å². The number of ether oxygens (including phenoxy) is 1. The van der Waals surface area contributed by atoms with Crippen LogP contribution in [0.1, 0.15) is 79.1 Å². The number of nitrogens with one attached hydrogen (secondary N) is 1. The van der Waals surface area contributed by atoms with Gasteiger partial charge in [-0.05, 0) is 65.7 Å². The molecular weight excluding hydrogens is 430 g/mol. The summed E-state index contributed by atoms with van der Waals surface area (Å²) in [6.07, 6.45) is 10.4. The highest BCUT2D eigenvalue weighted by atomic mass is 32.2. The molecule has 6 atom stereocenters. The largest absolute Gasteiger partial charge is 0.392 e. The molecule has 0 aromatic rings. The summed E-state index contributed by atoms with van der Waals surface area (Å²) in [5.74, 6) is -0.217. The van der Waals surface area contributed by atoms with Crippen molar-refractivity contribution in [3.63, 3.8) is 0 Å². The van der Waals surface area contributed by atoms with Crippen molar-refractivity contribution in [3.05, 3.63) is 23.8 Å². The van der Waals surface area contributed by atoms with Crippen molar-refractivity contribution in [2.24, 2.45) is 11.8 Å².